The summed E-state index contributed by atoms with van der Waals surface area (Å²) in [6.45, 7) is -0.514. The summed E-state index contributed by atoms with van der Waals surface area (Å²) in [6.07, 6.45) is 2.09. The average molecular weight is 317 g/mol. The maximum atomic E-state index is 14.3. The van der Waals surface area contributed by atoms with E-state index in [9.17, 15) is 22.4 Å². The first-order valence-electron chi connectivity index (χ1n) is 5.87. The van der Waals surface area contributed by atoms with Gasteiger partial charge in [-0.15, -0.1) is 0 Å². The van der Waals surface area contributed by atoms with Gasteiger partial charge in [-0.25, -0.2) is 14.2 Å². The zero-order valence-electron chi connectivity index (χ0n) is 11.0. The van der Waals surface area contributed by atoms with Crippen LogP contribution in [0.15, 0.2) is 12.3 Å². The van der Waals surface area contributed by atoms with Crippen molar-refractivity contribution in [3.63, 3.8) is 0 Å². The van der Waals surface area contributed by atoms with E-state index in [0.717, 1.165) is 11.2 Å². The number of hydrogen-bond donors (Lipinski definition) is 1. The van der Waals surface area contributed by atoms with E-state index in [0.29, 0.717) is 0 Å². The molecule has 2 heterocycles. The Hall–Kier alpha value is -2.07. The van der Waals surface area contributed by atoms with Crippen LogP contribution in [0.3, 0.4) is 0 Å². The molecule has 114 valence electrons. The fourth-order valence-corrected chi connectivity index (χ4v) is 2.05. The lowest BCUT2D eigenvalue weighted by atomic mass is 10.2. The number of anilines is 1. The zero-order chi connectivity index (χ0) is 15.6. The van der Waals surface area contributed by atoms with Gasteiger partial charge in [0.2, 0.25) is 5.91 Å². The summed E-state index contributed by atoms with van der Waals surface area (Å²) in [5.41, 5.74) is -0.0601. The monoisotopic (exact) mass is 317 g/mol. The highest BCUT2D eigenvalue weighted by atomic mass is 32.2. The van der Waals surface area contributed by atoms with Crippen LogP contribution in [0.25, 0.3) is 0 Å². The Balaban J connectivity index is 2.25. The molecule has 1 aromatic heterocycles. The van der Waals surface area contributed by atoms with E-state index in [2.05, 4.69) is 9.17 Å². The smallest absolute Gasteiger partial charge is 0.278 e. The maximum Gasteiger partial charge on any atom is 0.329 e. The van der Waals surface area contributed by atoms with Crippen LogP contribution in [0.4, 0.5) is 15.0 Å². The largest absolute Gasteiger partial charge is 0.329 e. The van der Waals surface area contributed by atoms with Crippen molar-refractivity contribution in [3.8, 4) is 0 Å². The summed E-state index contributed by atoms with van der Waals surface area (Å²) in [4.78, 5) is 27.4. The number of urea groups is 1. The molecule has 0 spiro atoms. The number of carbonyl (C=O) groups excluding carboxylic acids is 2. The molecule has 1 aliphatic heterocycles. The molecule has 2 rings (SSSR count). The van der Waals surface area contributed by atoms with Crippen molar-refractivity contribution in [2.24, 2.45) is 0 Å². The highest BCUT2D eigenvalue weighted by Gasteiger charge is 2.28. The minimum absolute atomic E-state index is 0.00895. The predicted octanol–water partition coefficient (Wildman–Crippen LogP) is 0.143. The van der Waals surface area contributed by atoms with Crippen LogP contribution in [-0.4, -0.2) is 38.1 Å². The second-order valence-electron chi connectivity index (χ2n) is 4.33. The van der Waals surface area contributed by atoms with Gasteiger partial charge in [-0.3, -0.25) is 19.2 Å². The van der Waals surface area contributed by atoms with Crippen molar-refractivity contribution in [2.75, 3.05) is 17.7 Å². The Morgan fingerprint density at radius 3 is 2.81 bits per heavy atom. The summed E-state index contributed by atoms with van der Waals surface area (Å²) in [7, 11) is -3.72. The third kappa shape index (κ3) is 3.73. The Morgan fingerprint density at radius 2 is 2.19 bits per heavy atom. The molecule has 1 aliphatic rings. The van der Waals surface area contributed by atoms with Crippen molar-refractivity contribution >= 4 is 27.9 Å². The SMILES string of the molecule is CS(=O)(=O)OCc1ccnc(N2CCC(=O)NC2=O)c1F. The van der Waals surface area contributed by atoms with E-state index in [1.807, 2.05) is 5.32 Å². The molecule has 0 bridgehead atoms. The third-order valence-corrected chi connectivity index (χ3v) is 3.23. The van der Waals surface area contributed by atoms with Crippen molar-refractivity contribution in [3.05, 3.63) is 23.6 Å². The second-order valence-corrected chi connectivity index (χ2v) is 5.97. The van der Waals surface area contributed by atoms with Crippen LogP contribution in [0.2, 0.25) is 0 Å². The Bertz CT molecular complexity index is 691. The summed E-state index contributed by atoms with van der Waals surface area (Å²) in [5.74, 6) is -1.60. The van der Waals surface area contributed by atoms with Crippen LogP contribution in [0, 0.1) is 5.82 Å². The quantitative estimate of drug-likeness (QED) is 0.792. The first-order valence-corrected chi connectivity index (χ1v) is 7.69. The molecule has 1 N–H and O–H groups in total. The molecule has 21 heavy (non-hydrogen) atoms. The van der Waals surface area contributed by atoms with Crippen molar-refractivity contribution in [1.82, 2.24) is 10.3 Å². The molecule has 3 amide bonds. The number of halogens is 1. The van der Waals surface area contributed by atoms with E-state index in [4.69, 9.17) is 0 Å². The van der Waals surface area contributed by atoms with E-state index < -0.39 is 34.5 Å². The van der Waals surface area contributed by atoms with Gasteiger partial charge in [-0.1, -0.05) is 0 Å². The van der Waals surface area contributed by atoms with Crippen molar-refractivity contribution < 1.29 is 26.6 Å². The van der Waals surface area contributed by atoms with Crippen LogP contribution in [-0.2, 0) is 25.7 Å². The van der Waals surface area contributed by atoms with Crippen LogP contribution < -0.4 is 10.2 Å². The maximum absolute atomic E-state index is 14.3. The lowest BCUT2D eigenvalue weighted by Gasteiger charge is -2.26. The molecule has 0 unspecified atom stereocenters. The average Bonchev–Trinajstić information content (AvgIpc) is 2.37. The Labute approximate surface area is 120 Å². The lowest BCUT2D eigenvalue weighted by Crippen LogP contribution is -2.50. The fourth-order valence-electron chi connectivity index (χ4n) is 1.71. The minimum atomic E-state index is -3.72. The fraction of sp³-hybridized carbons (Fsp3) is 0.364. The third-order valence-electron chi connectivity index (χ3n) is 2.69. The summed E-state index contributed by atoms with van der Waals surface area (Å²) < 4.78 is 40.6. The molecule has 1 fully saturated rings. The van der Waals surface area contributed by atoms with Gasteiger partial charge < -0.3 is 0 Å². The molecule has 8 nitrogen and oxygen atoms in total. The van der Waals surface area contributed by atoms with Gasteiger partial charge in [0.25, 0.3) is 10.1 Å². The van der Waals surface area contributed by atoms with E-state index in [1.165, 1.54) is 12.3 Å². The highest BCUT2D eigenvalue weighted by molar-refractivity contribution is 7.85. The molecule has 10 heteroatoms. The Kier molecular flexibility index (Phi) is 4.19. The number of carbonyl (C=O) groups is 2. The van der Waals surface area contributed by atoms with E-state index in [-0.39, 0.29) is 24.3 Å². The minimum Gasteiger partial charge on any atom is -0.278 e. The van der Waals surface area contributed by atoms with E-state index in [1.54, 1.807) is 0 Å². The number of imide groups is 1. The topological polar surface area (TPSA) is 106 Å². The van der Waals surface area contributed by atoms with E-state index >= 15 is 0 Å². The summed E-state index contributed by atoms with van der Waals surface area (Å²) in [6, 6.07) is 0.468. The van der Waals surface area contributed by atoms with Gasteiger partial charge in [-0.2, -0.15) is 8.42 Å². The lowest BCUT2D eigenvalue weighted by molar-refractivity contribution is -0.120. The number of nitrogens with zero attached hydrogens (tertiary/aromatic N) is 2. The number of rotatable bonds is 4. The number of aromatic nitrogens is 1. The normalized spacial score (nSPS) is 16.0. The first kappa shape index (κ1) is 15.3. The zero-order valence-corrected chi connectivity index (χ0v) is 11.8. The van der Waals surface area contributed by atoms with Gasteiger partial charge in [0, 0.05) is 24.7 Å². The molecule has 0 aliphatic carbocycles. The van der Waals surface area contributed by atoms with Crippen molar-refractivity contribution in [2.45, 2.75) is 13.0 Å². The molecular weight excluding hydrogens is 305 g/mol. The molecule has 1 aromatic rings. The predicted molar refractivity (Wildman–Crippen MR) is 69.3 cm³/mol. The van der Waals surface area contributed by atoms with Gasteiger partial charge in [0.1, 0.15) is 0 Å². The molecule has 0 aromatic carbocycles. The standard InChI is InChI=1S/C11H12FN3O5S/c1-21(18,19)20-6-7-2-4-13-10(9(7)12)15-5-3-8(16)14-11(15)17/h2,4H,3,5-6H2,1H3,(H,14,16,17). The van der Waals surface area contributed by atoms with Crippen LogP contribution >= 0.6 is 0 Å². The summed E-state index contributed by atoms with van der Waals surface area (Å²) >= 11 is 0. The van der Waals surface area contributed by atoms with Crippen molar-refractivity contribution in [1.29, 1.82) is 0 Å². The number of nitrogens with one attached hydrogen (secondary N) is 1. The number of pyridine rings is 1. The van der Waals surface area contributed by atoms with Gasteiger partial charge in [0.15, 0.2) is 11.6 Å². The van der Waals surface area contributed by atoms with Gasteiger partial charge in [0.05, 0.1) is 12.9 Å². The highest BCUT2D eigenvalue weighted by Crippen LogP contribution is 2.22. The molecular formula is C11H12FN3O5S. The van der Waals surface area contributed by atoms with Gasteiger partial charge in [-0.05, 0) is 6.07 Å². The Morgan fingerprint density at radius 1 is 1.48 bits per heavy atom. The van der Waals surface area contributed by atoms with Gasteiger partial charge >= 0.3 is 6.03 Å². The molecule has 1 saturated heterocycles. The summed E-state index contributed by atoms with van der Waals surface area (Å²) in [5, 5.41) is 2.05. The van der Waals surface area contributed by atoms with Crippen LogP contribution in [0.5, 0.6) is 0 Å². The number of hydrogen-bond acceptors (Lipinski definition) is 6. The first-order chi connectivity index (χ1) is 9.78. The number of amides is 3. The van der Waals surface area contributed by atoms with Crippen LogP contribution in [0.1, 0.15) is 12.0 Å². The second kappa shape index (κ2) is 5.74. The molecule has 0 radical (unpaired) electrons. The molecule has 0 atom stereocenters. The molecule has 0 saturated carbocycles.